The molecular formula is C20H35N2O3P. The number of rotatable bonds is 11. The van der Waals surface area contributed by atoms with E-state index in [4.69, 9.17) is 14.2 Å². The molecule has 0 aliphatic heterocycles. The fourth-order valence-electron chi connectivity index (χ4n) is 2.34. The van der Waals surface area contributed by atoms with E-state index >= 15 is 0 Å². The van der Waals surface area contributed by atoms with Crippen molar-refractivity contribution in [1.29, 1.82) is 0 Å². The summed E-state index contributed by atoms with van der Waals surface area (Å²) in [4.78, 5) is 5.52. The van der Waals surface area contributed by atoms with Crippen LogP contribution in [0.4, 0.5) is 0 Å². The number of benzene rings is 1. The third-order valence-corrected chi connectivity index (χ3v) is 4.52. The minimum Gasteiger partial charge on any atom is -0.449 e. The van der Waals surface area contributed by atoms with Gasteiger partial charge < -0.3 is 24.0 Å². The van der Waals surface area contributed by atoms with E-state index in [1.54, 1.807) is 0 Å². The molecular weight excluding hydrogens is 347 g/mol. The monoisotopic (exact) mass is 382 g/mol. The van der Waals surface area contributed by atoms with Crippen molar-refractivity contribution in [2.75, 3.05) is 33.9 Å². The molecule has 1 unspecified atom stereocenters. The second-order valence-electron chi connectivity index (χ2n) is 6.51. The van der Waals surface area contributed by atoms with Crippen LogP contribution < -0.4 is 4.52 Å². The zero-order valence-corrected chi connectivity index (χ0v) is 17.7. The van der Waals surface area contributed by atoms with Crippen molar-refractivity contribution in [1.82, 2.24) is 9.88 Å². The highest BCUT2D eigenvalue weighted by Crippen LogP contribution is 2.33. The highest BCUT2D eigenvalue weighted by atomic mass is 31.1. The number of fused-ring (bicyclic) bond motifs is 1. The van der Waals surface area contributed by atoms with Gasteiger partial charge in [0.1, 0.15) is 5.75 Å². The predicted octanol–water partition coefficient (Wildman–Crippen LogP) is 4.75. The molecule has 5 nitrogen and oxygen atoms in total. The van der Waals surface area contributed by atoms with Crippen LogP contribution in [0.1, 0.15) is 45.1 Å². The maximum atomic E-state index is 8.07. The molecule has 1 atom stereocenters. The van der Waals surface area contributed by atoms with E-state index in [-0.39, 0.29) is 9.03 Å². The Hall–Kier alpha value is -1.13. The summed E-state index contributed by atoms with van der Waals surface area (Å²) in [6.07, 6.45) is 7.36. The number of aromatic amines is 1. The molecule has 0 radical (unpaired) electrons. The van der Waals surface area contributed by atoms with Gasteiger partial charge in [-0.2, -0.15) is 0 Å². The molecule has 0 fully saturated rings. The van der Waals surface area contributed by atoms with Crippen molar-refractivity contribution < 1.29 is 14.2 Å². The fraction of sp³-hybridized carbons (Fsp3) is 0.600. The molecule has 0 saturated carbocycles. The van der Waals surface area contributed by atoms with Crippen molar-refractivity contribution in [3.63, 3.8) is 0 Å². The van der Waals surface area contributed by atoms with Crippen LogP contribution in [0.15, 0.2) is 24.4 Å². The molecule has 1 aromatic carbocycles. The lowest BCUT2D eigenvalue weighted by Gasteiger charge is -2.11. The fourth-order valence-corrected chi connectivity index (χ4v) is 2.88. The van der Waals surface area contributed by atoms with Gasteiger partial charge in [-0.1, -0.05) is 32.8 Å². The number of aromatic nitrogens is 1. The Bertz CT molecular complexity index is 600. The largest absolute Gasteiger partial charge is 0.449 e. The smallest absolute Gasteiger partial charge is 0.215 e. The number of unbranched alkanes of at least 4 members (excludes halogenated alkanes) is 2. The molecule has 26 heavy (non-hydrogen) atoms. The Morgan fingerprint density at radius 1 is 1.15 bits per heavy atom. The Labute approximate surface area is 160 Å². The van der Waals surface area contributed by atoms with E-state index < -0.39 is 0 Å². The lowest BCUT2D eigenvalue weighted by molar-refractivity contribution is 0.287. The Balaban J connectivity index is 0.000000597. The molecule has 0 saturated heterocycles. The zero-order chi connectivity index (χ0) is 19.2. The minimum absolute atomic E-state index is 0.0647. The van der Waals surface area contributed by atoms with Crippen molar-refractivity contribution >= 4 is 19.9 Å². The molecule has 0 amide bonds. The van der Waals surface area contributed by atoms with Crippen LogP contribution in [0.3, 0.4) is 0 Å². The van der Waals surface area contributed by atoms with Gasteiger partial charge in [-0.3, -0.25) is 0 Å². The molecule has 148 valence electrons. The van der Waals surface area contributed by atoms with Crippen molar-refractivity contribution in [2.45, 2.75) is 46.0 Å². The molecule has 1 aromatic heterocycles. The first-order valence-electron chi connectivity index (χ1n) is 9.52. The first kappa shape index (κ1) is 22.9. The van der Waals surface area contributed by atoms with Crippen LogP contribution in [0.5, 0.6) is 5.75 Å². The van der Waals surface area contributed by atoms with Crippen molar-refractivity contribution in [3.05, 3.63) is 30.0 Å². The van der Waals surface area contributed by atoms with Gasteiger partial charge in [0, 0.05) is 30.3 Å². The summed E-state index contributed by atoms with van der Waals surface area (Å²) >= 11 is 0. The minimum atomic E-state index is 0.0647. The van der Waals surface area contributed by atoms with Crippen LogP contribution in [0.25, 0.3) is 10.9 Å². The predicted molar refractivity (Wildman–Crippen MR) is 112 cm³/mol. The SMILES string of the molecule is CCCCO.CCCCOPOc1cccc2[nH]cc(CCN(C)C)c12. The van der Waals surface area contributed by atoms with E-state index in [1.807, 2.05) is 12.1 Å². The van der Waals surface area contributed by atoms with Gasteiger partial charge in [-0.25, -0.2) is 0 Å². The average Bonchev–Trinajstić information content (AvgIpc) is 3.05. The molecule has 2 N–H and O–H groups in total. The lowest BCUT2D eigenvalue weighted by atomic mass is 10.1. The van der Waals surface area contributed by atoms with Crippen LogP contribution >= 0.6 is 9.03 Å². The first-order chi connectivity index (χ1) is 12.6. The van der Waals surface area contributed by atoms with E-state index in [0.29, 0.717) is 6.61 Å². The number of nitrogens with zero attached hydrogens (tertiary/aromatic N) is 1. The highest BCUT2D eigenvalue weighted by molar-refractivity contribution is 7.26. The van der Waals surface area contributed by atoms with E-state index in [0.717, 1.165) is 56.5 Å². The zero-order valence-electron chi connectivity index (χ0n) is 16.7. The van der Waals surface area contributed by atoms with Gasteiger partial charge in [0.15, 0.2) is 0 Å². The average molecular weight is 382 g/mol. The third-order valence-electron chi connectivity index (χ3n) is 3.90. The first-order valence-corrected chi connectivity index (χ1v) is 10.3. The Kier molecular flexibility index (Phi) is 12.3. The molecule has 1 heterocycles. The van der Waals surface area contributed by atoms with Gasteiger partial charge in [-0.15, -0.1) is 0 Å². The van der Waals surface area contributed by atoms with E-state index in [2.05, 4.69) is 50.1 Å². The van der Waals surface area contributed by atoms with E-state index in [1.165, 1.54) is 10.9 Å². The Morgan fingerprint density at radius 2 is 1.92 bits per heavy atom. The number of aliphatic hydroxyl groups excluding tert-OH is 1. The normalized spacial score (nSPS) is 11.3. The van der Waals surface area contributed by atoms with Crippen LogP contribution in [0.2, 0.25) is 0 Å². The summed E-state index contributed by atoms with van der Waals surface area (Å²) in [6, 6.07) is 6.12. The van der Waals surface area contributed by atoms with Crippen molar-refractivity contribution in [2.24, 2.45) is 0 Å². The summed E-state index contributed by atoms with van der Waals surface area (Å²) in [5.41, 5.74) is 2.42. The number of nitrogens with one attached hydrogen (secondary N) is 1. The second-order valence-corrected chi connectivity index (χ2v) is 7.17. The molecule has 2 rings (SSSR count). The maximum Gasteiger partial charge on any atom is 0.215 e. The molecule has 0 aliphatic rings. The number of H-pyrrole nitrogens is 1. The van der Waals surface area contributed by atoms with Crippen LogP contribution in [0, 0.1) is 0 Å². The van der Waals surface area contributed by atoms with Gasteiger partial charge in [0.05, 0.1) is 6.61 Å². The van der Waals surface area contributed by atoms with Gasteiger partial charge in [0.2, 0.25) is 9.03 Å². The molecule has 6 heteroatoms. The standard InChI is InChI=1S/C16H25N2O2P.C4H10O/c1-4-5-11-19-21-20-15-8-6-7-14-16(15)13(12-17-14)9-10-18(2)3;1-2-3-4-5/h6-8,12,17,21H,4-5,9-11H2,1-3H3;5H,2-4H2,1H3. The lowest BCUT2D eigenvalue weighted by Crippen LogP contribution is -2.14. The third kappa shape index (κ3) is 8.50. The van der Waals surface area contributed by atoms with Gasteiger partial charge in [-0.05, 0) is 51.1 Å². The summed E-state index contributed by atoms with van der Waals surface area (Å²) in [6.45, 7) is 6.35. The Morgan fingerprint density at radius 3 is 2.54 bits per heavy atom. The summed E-state index contributed by atoms with van der Waals surface area (Å²) < 4.78 is 11.4. The highest BCUT2D eigenvalue weighted by Gasteiger charge is 2.10. The molecule has 0 aliphatic carbocycles. The van der Waals surface area contributed by atoms with Crippen LogP contribution in [-0.2, 0) is 10.9 Å². The quantitative estimate of drug-likeness (QED) is 0.435. The van der Waals surface area contributed by atoms with Crippen molar-refractivity contribution in [3.8, 4) is 5.75 Å². The van der Waals surface area contributed by atoms with Gasteiger partial charge >= 0.3 is 0 Å². The topological polar surface area (TPSA) is 57.7 Å². The van der Waals surface area contributed by atoms with E-state index in [9.17, 15) is 0 Å². The second kappa shape index (κ2) is 14.0. The number of hydrogen-bond donors (Lipinski definition) is 2. The maximum absolute atomic E-state index is 8.07. The molecule has 2 aromatic rings. The number of hydrogen-bond acceptors (Lipinski definition) is 4. The van der Waals surface area contributed by atoms with Gasteiger partial charge in [0.25, 0.3) is 0 Å². The molecule has 0 bridgehead atoms. The number of aliphatic hydroxyl groups is 1. The summed E-state index contributed by atoms with van der Waals surface area (Å²) in [5.74, 6) is 0.914. The summed E-state index contributed by atoms with van der Waals surface area (Å²) in [7, 11) is 4.25. The molecule has 0 spiro atoms. The summed E-state index contributed by atoms with van der Waals surface area (Å²) in [5, 5.41) is 9.25. The number of likely N-dealkylation sites (N-methyl/N-ethyl adjacent to an activating group) is 1. The van der Waals surface area contributed by atoms with Crippen LogP contribution in [-0.4, -0.2) is 48.8 Å².